The van der Waals surface area contributed by atoms with E-state index in [1.807, 2.05) is 0 Å². The lowest BCUT2D eigenvalue weighted by atomic mass is 10.2. The van der Waals surface area contributed by atoms with E-state index in [1.165, 1.54) is 11.5 Å². The molecule has 1 aliphatic rings. The number of hydrogen-bond donors (Lipinski definition) is 1. The van der Waals surface area contributed by atoms with Crippen molar-refractivity contribution in [3.63, 3.8) is 0 Å². The standard InChI is InChI=1S/C10H16N4OS2/c1-6(2)9-12-10(17-13-9)14-3-4-15-7(5-14)8(11)16/h6-7H,3-5H2,1-2H3,(H2,11,16). The molecule has 1 unspecified atom stereocenters. The zero-order valence-corrected chi connectivity index (χ0v) is 11.6. The van der Waals surface area contributed by atoms with Gasteiger partial charge in [-0.15, -0.1) is 0 Å². The molecule has 2 heterocycles. The second-order valence-corrected chi connectivity index (χ2v) is 5.50. The number of anilines is 1. The van der Waals surface area contributed by atoms with Crippen LogP contribution in [0.4, 0.5) is 5.13 Å². The Morgan fingerprint density at radius 1 is 1.65 bits per heavy atom. The molecule has 94 valence electrons. The van der Waals surface area contributed by atoms with Crippen molar-refractivity contribution < 1.29 is 4.74 Å². The van der Waals surface area contributed by atoms with Crippen LogP contribution >= 0.6 is 23.8 Å². The zero-order chi connectivity index (χ0) is 12.4. The molecule has 1 aromatic rings. The predicted molar refractivity (Wildman–Crippen MR) is 72.7 cm³/mol. The maximum atomic E-state index is 5.61. The number of hydrogen-bond acceptors (Lipinski definition) is 6. The Balaban J connectivity index is 2.08. The SMILES string of the molecule is CC(C)c1nsc(N2CCOC(C(N)=S)C2)n1. The van der Waals surface area contributed by atoms with Gasteiger partial charge in [0.15, 0.2) is 0 Å². The van der Waals surface area contributed by atoms with Gasteiger partial charge in [0.25, 0.3) is 0 Å². The van der Waals surface area contributed by atoms with E-state index in [4.69, 9.17) is 22.7 Å². The van der Waals surface area contributed by atoms with Crippen LogP contribution in [0.2, 0.25) is 0 Å². The Labute approximate surface area is 110 Å². The summed E-state index contributed by atoms with van der Waals surface area (Å²) in [5, 5.41) is 0.929. The number of morpholine rings is 1. The molecular formula is C10H16N4OS2. The first kappa shape index (κ1) is 12.7. The van der Waals surface area contributed by atoms with E-state index < -0.39 is 0 Å². The molecule has 17 heavy (non-hydrogen) atoms. The molecule has 0 bridgehead atoms. The highest BCUT2D eigenvalue weighted by Crippen LogP contribution is 2.23. The van der Waals surface area contributed by atoms with Crippen LogP contribution < -0.4 is 10.6 Å². The van der Waals surface area contributed by atoms with E-state index in [0.717, 1.165) is 17.5 Å². The van der Waals surface area contributed by atoms with Crippen LogP contribution in [-0.4, -0.2) is 40.1 Å². The second-order valence-electron chi connectivity index (χ2n) is 4.30. The van der Waals surface area contributed by atoms with Crippen LogP contribution in [0.3, 0.4) is 0 Å². The van der Waals surface area contributed by atoms with E-state index in [1.54, 1.807) is 0 Å². The largest absolute Gasteiger partial charge is 0.391 e. The molecule has 0 aromatic carbocycles. The first-order valence-corrected chi connectivity index (χ1v) is 6.75. The molecule has 5 nitrogen and oxygen atoms in total. The van der Waals surface area contributed by atoms with Gasteiger partial charge in [0.05, 0.1) is 13.2 Å². The van der Waals surface area contributed by atoms with Gasteiger partial charge in [-0.25, -0.2) is 4.98 Å². The fraction of sp³-hybridized carbons (Fsp3) is 0.700. The molecule has 0 saturated carbocycles. The summed E-state index contributed by atoms with van der Waals surface area (Å²) in [5.74, 6) is 1.25. The van der Waals surface area contributed by atoms with E-state index in [0.29, 0.717) is 24.1 Å². The highest BCUT2D eigenvalue weighted by atomic mass is 32.1. The van der Waals surface area contributed by atoms with Crippen molar-refractivity contribution in [3.05, 3.63) is 5.82 Å². The molecule has 1 saturated heterocycles. The lowest BCUT2D eigenvalue weighted by Gasteiger charge is -2.31. The van der Waals surface area contributed by atoms with Gasteiger partial charge >= 0.3 is 0 Å². The summed E-state index contributed by atoms with van der Waals surface area (Å²) in [5.41, 5.74) is 5.61. The number of ether oxygens (including phenoxy) is 1. The van der Waals surface area contributed by atoms with Crippen molar-refractivity contribution in [3.8, 4) is 0 Å². The average molecular weight is 272 g/mol. The minimum Gasteiger partial charge on any atom is -0.391 e. The minimum absolute atomic E-state index is 0.176. The molecule has 7 heteroatoms. The molecule has 0 radical (unpaired) electrons. The summed E-state index contributed by atoms with van der Waals surface area (Å²) in [6, 6.07) is 0. The van der Waals surface area contributed by atoms with Gasteiger partial charge in [-0.2, -0.15) is 4.37 Å². The summed E-state index contributed by atoms with van der Waals surface area (Å²) >= 11 is 6.38. The molecule has 1 aromatic heterocycles. The summed E-state index contributed by atoms with van der Waals surface area (Å²) in [6.45, 7) is 6.28. The van der Waals surface area contributed by atoms with Crippen LogP contribution in [0.25, 0.3) is 0 Å². The quantitative estimate of drug-likeness (QED) is 0.833. The van der Waals surface area contributed by atoms with Crippen LogP contribution in [0, 0.1) is 0 Å². The Hall–Kier alpha value is -0.790. The van der Waals surface area contributed by atoms with E-state index in [2.05, 4.69) is 28.1 Å². The number of nitrogens with two attached hydrogens (primary N) is 1. The first-order chi connectivity index (χ1) is 8.08. The predicted octanol–water partition coefficient (Wildman–Crippen LogP) is 1.15. The van der Waals surface area contributed by atoms with Gasteiger partial charge in [-0.3, -0.25) is 0 Å². The van der Waals surface area contributed by atoms with Gasteiger partial charge in [-0.05, 0) is 0 Å². The van der Waals surface area contributed by atoms with Crippen molar-refractivity contribution in [2.24, 2.45) is 5.73 Å². The average Bonchev–Trinajstić information content (AvgIpc) is 2.78. The first-order valence-electron chi connectivity index (χ1n) is 5.57. The van der Waals surface area contributed by atoms with Crippen LogP contribution in [0.15, 0.2) is 0 Å². The lowest BCUT2D eigenvalue weighted by Crippen LogP contribution is -2.47. The number of thiocarbonyl (C=S) groups is 1. The smallest absolute Gasteiger partial charge is 0.205 e. The zero-order valence-electron chi connectivity index (χ0n) is 9.92. The maximum Gasteiger partial charge on any atom is 0.205 e. The molecule has 0 spiro atoms. The monoisotopic (exact) mass is 272 g/mol. The molecular weight excluding hydrogens is 256 g/mol. The summed E-state index contributed by atoms with van der Waals surface area (Å²) in [6.07, 6.45) is -0.176. The molecule has 0 amide bonds. The Bertz CT molecular complexity index is 407. The summed E-state index contributed by atoms with van der Waals surface area (Å²) in [7, 11) is 0. The molecule has 0 aliphatic carbocycles. The molecule has 1 atom stereocenters. The Morgan fingerprint density at radius 2 is 2.41 bits per heavy atom. The fourth-order valence-corrected chi connectivity index (χ4v) is 2.57. The Morgan fingerprint density at radius 3 is 3.00 bits per heavy atom. The van der Waals surface area contributed by atoms with Crippen LogP contribution in [-0.2, 0) is 4.74 Å². The number of nitrogens with zero attached hydrogens (tertiary/aromatic N) is 3. The van der Waals surface area contributed by atoms with E-state index in [9.17, 15) is 0 Å². The van der Waals surface area contributed by atoms with E-state index >= 15 is 0 Å². The van der Waals surface area contributed by atoms with Crippen molar-refractivity contribution in [1.82, 2.24) is 9.36 Å². The minimum atomic E-state index is -0.176. The third-order valence-electron chi connectivity index (χ3n) is 2.60. The van der Waals surface area contributed by atoms with Crippen LogP contribution in [0.5, 0.6) is 0 Å². The normalized spacial score (nSPS) is 20.9. The highest BCUT2D eigenvalue weighted by Gasteiger charge is 2.25. The fourth-order valence-electron chi connectivity index (χ4n) is 1.58. The summed E-state index contributed by atoms with van der Waals surface area (Å²) in [4.78, 5) is 7.06. The molecule has 2 N–H and O–H groups in total. The lowest BCUT2D eigenvalue weighted by molar-refractivity contribution is 0.0847. The summed E-state index contributed by atoms with van der Waals surface area (Å²) < 4.78 is 9.84. The number of rotatable bonds is 3. The van der Waals surface area contributed by atoms with Gasteiger partial charge in [0, 0.05) is 24.0 Å². The third-order valence-corrected chi connectivity index (χ3v) is 3.66. The Kier molecular flexibility index (Phi) is 3.90. The van der Waals surface area contributed by atoms with Crippen molar-refractivity contribution >= 4 is 33.9 Å². The van der Waals surface area contributed by atoms with Gasteiger partial charge < -0.3 is 15.4 Å². The van der Waals surface area contributed by atoms with Crippen molar-refractivity contribution in [1.29, 1.82) is 0 Å². The topological polar surface area (TPSA) is 64.3 Å². The molecule has 1 aliphatic heterocycles. The molecule has 1 fully saturated rings. The van der Waals surface area contributed by atoms with Gasteiger partial charge in [0.2, 0.25) is 5.13 Å². The maximum absolute atomic E-state index is 5.61. The van der Waals surface area contributed by atoms with Crippen molar-refractivity contribution in [2.75, 3.05) is 24.6 Å². The number of aromatic nitrogens is 2. The van der Waals surface area contributed by atoms with E-state index in [-0.39, 0.29) is 6.10 Å². The van der Waals surface area contributed by atoms with Gasteiger partial charge in [0.1, 0.15) is 16.9 Å². The van der Waals surface area contributed by atoms with Crippen molar-refractivity contribution in [2.45, 2.75) is 25.9 Å². The third kappa shape index (κ3) is 2.91. The highest BCUT2D eigenvalue weighted by molar-refractivity contribution is 7.80. The van der Waals surface area contributed by atoms with Crippen LogP contribution in [0.1, 0.15) is 25.6 Å². The second kappa shape index (κ2) is 5.24. The molecule has 2 rings (SSSR count). The van der Waals surface area contributed by atoms with Gasteiger partial charge in [-0.1, -0.05) is 26.1 Å².